The fourth-order valence-corrected chi connectivity index (χ4v) is 4.31. The van der Waals surface area contributed by atoms with Gasteiger partial charge in [-0.2, -0.15) is 4.98 Å². The van der Waals surface area contributed by atoms with E-state index < -0.39 is 10.8 Å². The number of carbonyl (C=O) groups is 1. The van der Waals surface area contributed by atoms with Crippen LogP contribution < -0.4 is 10.9 Å². The molecule has 31 heavy (non-hydrogen) atoms. The molecule has 0 aliphatic heterocycles. The summed E-state index contributed by atoms with van der Waals surface area (Å²) in [6.45, 7) is 1.85. The van der Waals surface area contributed by atoms with E-state index in [9.17, 15) is 14.9 Å². The van der Waals surface area contributed by atoms with Gasteiger partial charge in [0.1, 0.15) is 0 Å². The molecule has 0 radical (unpaired) electrons. The van der Waals surface area contributed by atoms with E-state index in [0.717, 1.165) is 5.69 Å². The van der Waals surface area contributed by atoms with Crippen molar-refractivity contribution in [3.63, 3.8) is 0 Å². The van der Waals surface area contributed by atoms with E-state index in [1.54, 1.807) is 24.5 Å². The topological polar surface area (TPSA) is 149 Å². The molecule has 3 aromatic heterocycles. The summed E-state index contributed by atoms with van der Waals surface area (Å²) in [5.41, 5.74) is 6.31. The van der Waals surface area contributed by atoms with Crippen LogP contribution in [0.3, 0.4) is 0 Å². The zero-order valence-electron chi connectivity index (χ0n) is 15.8. The lowest BCUT2D eigenvalue weighted by molar-refractivity contribution is -0.387. The first-order chi connectivity index (χ1) is 15.0. The van der Waals surface area contributed by atoms with Crippen LogP contribution in [-0.4, -0.2) is 30.9 Å². The van der Waals surface area contributed by atoms with Gasteiger partial charge in [-0.25, -0.2) is 10.4 Å². The molecule has 0 aliphatic rings. The average molecular weight is 455 g/mol. The number of benzene rings is 1. The smallest absolute Gasteiger partial charge is 0.313 e. The maximum atomic E-state index is 12.4. The number of nitro groups is 1. The van der Waals surface area contributed by atoms with Gasteiger partial charge < -0.3 is 4.52 Å². The number of carbonyl (C=O) groups excluding carboxylic acids is 1. The Morgan fingerprint density at radius 3 is 2.74 bits per heavy atom. The number of hydrazine groups is 1. The summed E-state index contributed by atoms with van der Waals surface area (Å²) in [6, 6.07) is 7.58. The number of amides is 1. The van der Waals surface area contributed by atoms with Crippen LogP contribution >= 0.6 is 23.1 Å². The number of thiazole rings is 1. The van der Waals surface area contributed by atoms with E-state index in [-0.39, 0.29) is 17.3 Å². The molecule has 4 rings (SSSR count). The van der Waals surface area contributed by atoms with E-state index in [1.807, 2.05) is 12.3 Å². The molecule has 0 saturated heterocycles. The lowest BCUT2D eigenvalue weighted by atomic mass is 10.2. The molecule has 0 bridgehead atoms. The van der Waals surface area contributed by atoms with E-state index in [2.05, 4.69) is 31.0 Å². The quantitative estimate of drug-likeness (QED) is 0.312. The zero-order valence-corrected chi connectivity index (χ0v) is 17.4. The Morgan fingerprint density at radius 1 is 1.23 bits per heavy atom. The molecular weight excluding hydrogens is 442 g/mol. The van der Waals surface area contributed by atoms with Crippen molar-refractivity contribution in [2.45, 2.75) is 16.2 Å². The molecule has 0 aliphatic carbocycles. The Kier molecular flexibility index (Phi) is 5.86. The summed E-state index contributed by atoms with van der Waals surface area (Å²) < 4.78 is 5.71. The van der Waals surface area contributed by atoms with Crippen LogP contribution in [-0.2, 0) is 0 Å². The molecule has 0 saturated carbocycles. The fraction of sp³-hybridized carbons (Fsp3) is 0.0556. The molecule has 1 amide bonds. The number of hydrogen-bond donors (Lipinski definition) is 2. The first kappa shape index (κ1) is 20.4. The van der Waals surface area contributed by atoms with Crippen molar-refractivity contribution in [3.05, 3.63) is 69.5 Å². The maximum absolute atomic E-state index is 12.4. The van der Waals surface area contributed by atoms with Crippen molar-refractivity contribution in [2.24, 2.45) is 0 Å². The Hall–Kier alpha value is -3.84. The van der Waals surface area contributed by atoms with Crippen molar-refractivity contribution in [3.8, 4) is 11.4 Å². The van der Waals surface area contributed by atoms with Crippen molar-refractivity contribution in [2.75, 3.05) is 5.43 Å². The van der Waals surface area contributed by atoms with Gasteiger partial charge in [0.05, 0.1) is 9.82 Å². The highest BCUT2D eigenvalue weighted by molar-refractivity contribution is 8.01. The number of anilines is 1. The van der Waals surface area contributed by atoms with E-state index in [0.29, 0.717) is 20.6 Å². The van der Waals surface area contributed by atoms with Gasteiger partial charge in [-0.05, 0) is 31.2 Å². The molecule has 0 spiro atoms. The number of aromatic nitrogens is 4. The van der Waals surface area contributed by atoms with Crippen LogP contribution in [0.25, 0.3) is 11.4 Å². The molecule has 156 valence electrons. The summed E-state index contributed by atoms with van der Waals surface area (Å²) in [5, 5.41) is 17.2. The van der Waals surface area contributed by atoms with Gasteiger partial charge in [-0.1, -0.05) is 16.9 Å². The molecule has 13 heteroatoms. The standard InChI is InChI=1S/C18H13N7O4S2/c1-10-9-30-18(20-10)31-14-3-2-12(8-13(14)25(27)28)16(26)22-23-17-21-15(24-29-17)11-4-6-19-7-5-11/h2-9H,1H3,(H,22,26)(H,21,23,24). The van der Waals surface area contributed by atoms with Crippen LogP contribution in [0, 0.1) is 17.0 Å². The molecule has 11 nitrogen and oxygen atoms in total. The number of nitrogens with zero attached hydrogens (tertiary/aromatic N) is 5. The molecule has 4 aromatic rings. The average Bonchev–Trinajstić information content (AvgIpc) is 3.41. The summed E-state index contributed by atoms with van der Waals surface area (Å²) in [5.74, 6) is -0.290. The minimum atomic E-state index is -0.603. The first-order valence-corrected chi connectivity index (χ1v) is 10.4. The van der Waals surface area contributed by atoms with Gasteiger partial charge in [-0.15, -0.1) is 11.3 Å². The van der Waals surface area contributed by atoms with Crippen LogP contribution in [0.1, 0.15) is 16.1 Å². The highest BCUT2D eigenvalue weighted by atomic mass is 32.2. The molecular formula is C18H13N7O4S2. The second-order valence-corrected chi connectivity index (χ2v) is 8.18. The predicted molar refractivity (Wildman–Crippen MR) is 113 cm³/mol. The number of rotatable bonds is 7. The van der Waals surface area contributed by atoms with Crippen molar-refractivity contribution < 1.29 is 14.2 Å². The Labute approximate surface area is 183 Å². The van der Waals surface area contributed by atoms with Crippen LogP contribution in [0.4, 0.5) is 11.7 Å². The SMILES string of the molecule is Cc1csc(Sc2ccc(C(=O)NNc3nc(-c4ccncc4)no3)cc2[N+](=O)[O-])n1. The summed E-state index contributed by atoms with van der Waals surface area (Å²) >= 11 is 2.57. The van der Waals surface area contributed by atoms with Crippen LogP contribution in [0.5, 0.6) is 0 Å². The van der Waals surface area contributed by atoms with E-state index in [4.69, 9.17) is 4.52 Å². The summed E-state index contributed by atoms with van der Waals surface area (Å²) in [4.78, 5) is 36.1. The largest absolute Gasteiger partial charge is 0.340 e. The highest BCUT2D eigenvalue weighted by Crippen LogP contribution is 2.36. The lowest BCUT2D eigenvalue weighted by Crippen LogP contribution is -2.29. The Morgan fingerprint density at radius 2 is 2.03 bits per heavy atom. The molecule has 1 aromatic carbocycles. The number of hydrogen-bond acceptors (Lipinski definition) is 11. The Balaban J connectivity index is 1.45. The van der Waals surface area contributed by atoms with Crippen LogP contribution in [0.15, 0.2) is 61.9 Å². The summed E-state index contributed by atoms with van der Waals surface area (Å²) in [7, 11) is 0. The van der Waals surface area contributed by atoms with Gasteiger partial charge in [-0.3, -0.25) is 25.3 Å². The third-order valence-corrected chi connectivity index (χ3v) is 5.98. The summed E-state index contributed by atoms with van der Waals surface area (Å²) in [6.07, 6.45) is 3.18. The van der Waals surface area contributed by atoms with Crippen molar-refractivity contribution in [1.29, 1.82) is 0 Å². The van der Waals surface area contributed by atoms with Gasteiger partial charge in [0, 0.05) is 40.7 Å². The number of nitro benzene ring substituents is 1. The third-order valence-electron chi connectivity index (χ3n) is 3.86. The van der Waals surface area contributed by atoms with Crippen molar-refractivity contribution >= 4 is 40.7 Å². The van der Waals surface area contributed by atoms with E-state index in [1.165, 1.54) is 41.3 Å². The highest BCUT2D eigenvalue weighted by Gasteiger charge is 2.20. The van der Waals surface area contributed by atoms with Crippen LogP contribution in [0.2, 0.25) is 0 Å². The van der Waals surface area contributed by atoms with Gasteiger partial charge in [0.25, 0.3) is 11.6 Å². The van der Waals surface area contributed by atoms with Crippen molar-refractivity contribution in [1.82, 2.24) is 25.5 Å². The molecule has 0 fully saturated rings. The van der Waals surface area contributed by atoms with Gasteiger partial charge in [0.15, 0.2) is 4.34 Å². The fourth-order valence-electron chi connectivity index (χ4n) is 2.44. The van der Waals surface area contributed by atoms with E-state index >= 15 is 0 Å². The number of pyridine rings is 1. The van der Waals surface area contributed by atoms with Gasteiger partial charge in [0.2, 0.25) is 5.82 Å². The number of aryl methyl sites for hydroxylation is 1. The first-order valence-electron chi connectivity index (χ1n) is 8.68. The molecule has 3 heterocycles. The molecule has 2 N–H and O–H groups in total. The normalized spacial score (nSPS) is 10.6. The second-order valence-electron chi connectivity index (χ2n) is 6.03. The molecule has 0 unspecified atom stereocenters. The number of nitrogens with one attached hydrogen (secondary N) is 2. The maximum Gasteiger partial charge on any atom is 0.340 e. The minimum absolute atomic E-state index is 0.0408. The predicted octanol–water partition coefficient (Wildman–Crippen LogP) is 3.71. The lowest BCUT2D eigenvalue weighted by Gasteiger charge is -2.06. The van der Waals surface area contributed by atoms with Gasteiger partial charge >= 0.3 is 6.01 Å². The zero-order chi connectivity index (χ0) is 21.8. The Bertz CT molecular complexity index is 1240. The third kappa shape index (κ3) is 4.84. The molecule has 0 atom stereocenters. The monoisotopic (exact) mass is 455 g/mol. The second kappa shape index (κ2) is 8.89. The minimum Gasteiger partial charge on any atom is -0.313 e.